The van der Waals surface area contributed by atoms with Gasteiger partial charge in [0.2, 0.25) is 0 Å². The van der Waals surface area contributed by atoms with Crippen molar-refractivity contribution in [1.29, 1.82) is 0 Å². The van der Waals surface area contributed by atoms with Crippen LogP contribution < -0.4 is 0 Å². The Hall–Kier alpha value is -3.85. The maximum absolute atomic E-state index is 13.7. The molecular formula is C31H27F2N. The highest BCUT2D eigenvalue weighted by Gasteiger charge is 2.14. The Balaban J connectivity index is 1.92. The van der Waals surface area contributed by atoms with Crippen molar-refractivity contribution in [2.75, 3.05) is 0 Å². The summed E-state index contributed by atoms with van der Waals surface area (Å²) >= 11 is 0. The number of halogens is 2. The minimum absolute atomic E-state index is 0.261. The molecule has 0 atom stereocenters. The quantitative estimate of drug-likeness (QED) is 0.249. The first-order valence-corrected chi connectivity index (χ1v) is 11.5. The predicted molar refractivity (Wildman–Crippen MR) is 138 cm³/mol. The molecule has 0 saturated heterocycles. The molecule has 3 heteroatoms. The van der Waals surface area contributed by atoms with Crippen LogP contribution in [0.4, 0.5) is 14.5 Å². The number of allylic oxidation sites excluding steroid dienone is 1. The van der Waals surface area contributed by atoms with Gasteiger partial charge >= 0.3 is 0 Å². The molecule has 0 bridgehead atoms. The molecule has 0 saturated carbocycles. The summed E-state index contributed by atoms with van der Waals surface area (Å²) in [4.78, 5) is 5.14. The van der Waals surface area contributed by atoms with Crippen molar-refractivity contribution in [3.8, 4) is 0 Å². The summed E-state index contributed by atoms with van der Waals surface area (Å²) in [6, 6.07) is 29.1. The van der Waals surface area contributed by atoms with Crippen molar-refractivity contribution in [3.63, 3.8) is 0 Å². The molecule has 4 aromatic rings. The summed E-state index contributed by atoms with van der Waals surface area (Å²) < 4.78 is 27.3. The Morgan fingerprint density at radius 3 is 1.88 bits per heavy atom. The third kappa shape index (κ3) is 5.37. The van der Waals surface area contributed by atoms with Crippen LogP contribution in [0.2, 0.25) is 0 Å². The first kappa shape index (κ1) is 23.3. The van der Waals surface area contributed by atoms with Gasteiger partial charge in [-0.15, -0.1) is 0 Å². The van der Waals surface area contributed by atoms with Crippen LogP contribution in [0.5, 0.6) is 0 Å². The molecule has 0 aromatic heterocycles. The molecule has 0 unspecified atom stereocenters. The van der Waals surface area contributed by atoms with Gasteiger partial charge in [-0.05, 0) is 72.5 Å². The lowest BCUT2D eigenvalue weighted by molar-refractivity contribution is 0.627. The SMILES string of the molecule is CCC/C=C(\c1ccc(F)cc1)c1ccccc1N=C(c1ccc(F)cc1)c1ccccc1C. The smallest absolute Gasteiger partial charge is 0.123 e. The standard InChI is InChI=1S/C31H27F2N/c1-3-4-10-28(23-14-18-25(32)19-15-23)29-12-7-8-13-30(29)34-31(24-16-20-26(33)21-17-24)27-11-6-5-9-22(27)2/h5-21H,3-4H2,1-2H3/b28-10+,34-31?. The Morgan fingerprint density at radius 1 is 0.706 bits per heavy atom. The van der Waals surface area contributed by atoms with Gasteiger partial charge in [0.15, 0.2) is 0 Å². The molecule has 0 heterocycles. The first-order valence-electron chi connectivity index (χ1n) is 11.5. The predicted octanol–water partition coefficient (Wildman–Crippen LogP) is 8.67. The normalized spacial score (nSPS) is 12.1. The lowest BCUT2D eigenvalue weighted by atomic mass is 9.94. The largest absolute Gasteiger partial charge is 0.247 e. The van der Waals surface area contributed by atoms with Crippen molar-refractivity contribution in [2.45, 2.75) is 26.7 Å². The van der Waals surface area contributed by atoms with E-state index in [1.54, 1.807) is 24.3 Å². The van der Waals surface area contributed by atoms with E-state index in [1.165, 1.54) is 24.3 Å². The molecule has 0 aliphatic heterocycles. The van der Waals surface area contributed by atoms with Crippen LogP contribution in [-0.2, 0) is 0 Å². The van der Waals surface area contributed by atoms with E-state index >= 15 is 0 Å². The van der Waals surface area contributed by atoms with Gasteiger partial charge in [-0.2, -0.15) is 0 Å². The van der Waals surface area contributed by atoms with Crippen molar-refractivity contribution in [1.82, 2.24) is 0 Å². The molecule has 1 nitrogen and oxygen atoms in total. The zero-order chi connectivity index (χ0) is 23.9. The topological polar surface area (TPSA) is 12.4 Å². The summed E-state index contributed by atoms with van der Waals surface area (Å²) in [7, 11) is 0. The molecule has 0 aliphatic rings. The van der Waals surface area contributed by atoms with E-state index in [1.807, 2.05) is 55.5 Å². The van der Waals surface area contributed by atoms with E-state index in [9.17, 15) is 8.78 Å². The Bertz CT molecular complexity index is 1320. The van der Waals surface area contributed by atoms with Gasteiger partial charge in [0.1, 0.15) is 11.6 Å². The lowest BCUT2D eigenvalue weighted by Crippen LogP contribution is -2.06. The molecular weight excluding hydrogens is 424 g/mol. The zero-order valence-corrected chi connectivity index (χ0v) is 19.4. The minimum atomic E-state index is -0.283. The van der Waals surface area contributed by atoms with Gasteiger partial charge < -0.3 is 0 Å². The Labute approximate surface area is 200 Å². The van der Waals surface area contributed by atoms with Crippen LogP contribution in [0.3, 0.4) is 0 Å². The number of para-hydroxylation sites is 1. The van der Waals surface area contributed by atoms with Crippen LogP contribution in [0.15, 0.2) is 108 Å². The second-order valence-corrected chi connectivity index (χ2v) is 8.21. The maximum atomic E-state index is 13.7. The van der Waals surface area contributed by atoms with Gasteiger partial charge in [-0.3, -0.25) is 0 Å². The van der Waals surface area contributed by atoms with Crippen LogP contribution in [0, 0.1) is 18.6 Å². The van der Waals surface area contributed by atoms with E-state index in [0.717, 1.165) is 57.6 Å². The van der Waals surface area contributed by atoms with Gasteiger partial charge in [-0.1, -0.05) is 74.0 Å². The highest BCUT2D eigenvalue weighted by Crippen LogP contribution is 2.33. The van der Waals surface area contributed by atoms with Gasteiger partial charge in [0, 0.05) is 16.7 Å². The molecule has 4 aromatic carbocycles. The van der Waals surface area contributed by atoms with Gasteiger partial charge in [0.05, 0.1) is 11.4 Å². The summed E-state index contributed by atoms with van der Waals surface area (Å²) in [6.45, 7) is 4.18. The zero-order valence-electron chi connectivity index (χ0n) is 19.4. The van der Waals surface area contributed by atoms with E-state index in [-0.39, 0.29) is 11.6 Å². The van der Waals surface area contributed by atoms with Crippen molar-refractivity contribution >= 4 is 17.0 Å². The van der Waals surface area contributed by atoms with Crippen LogP contribution >= 0.6 is 0 Å². The van der Waals surface area contributed by atoms with Crippen LogP contribution in [-0.4, -0.2) is 5.71 Å². The van der Waals surface area contributed by atoms with E-state index < -0.39 is 0 Å². The van der Waals surface area contributed by atoms with E-state index in [4.69, 9.17) is 4.99 Å². The van der Waals surface area contributed by atoms with E-state index in [2.05, 4.69) is 13.0 Å². The van der Waals surface area contributed by atoms with Crippen LogP contribution in [0.1, 0.15) is 47.6 Å². The molecule has 170 valence electrons. The molecule has 0 spiro atoms. The highest BCUT2D eigenvalue weighted by atomic mass is 19.1. The molecule has 0 fully saturated rings. The number of rotatable bonds is 7. The van der Waals surface area contributed by atoms with Crippen molar-refractivity contribution in [2.24, 2.45) is 4.99 Å². The fourth-order valence-electron chi connectivity index (χ4n) is 3.95. The number of aryl methyl sites for hydroxylation is 1. The van der Waals surface area contributed by atoms with Gasteiger partial charge in [0.25, 0.3) is 0 Å². The molecule has 0 amide bonds. The molecule has 0 aliphatic carbocycles. The Kier molecular flexibility index (Phi) is 7.44. The summed E-state index contributed by atoms with van der Waals surface area (Å²) in [6.07, 6.45) is 4.08. The molecule has 4 rings (SSSR count). The number of nitrogens with zero attached hydrogens (tertiary/aromatic N) is 1. The summed E-state index contributed by atoms with van der Waals surface area (Å²) in [5.41, 5.74) is 7.42. The number of hydrogen-bond acceptors (Lipinski definition) is 1. The highest BCUT2D eigenvalue weighted by molar-refractivity contribution is 6.15. The average Bonchev–Trinajstić information content (AvgIpc) is 2.86. The molecule has 34 heavy (non-hydrogen) atoms. The number of benzene rings is 4. The van der Waals surface area contributed by atoms with Gasteiger partial charge in [-0.25, -0.2) is 13.8 Å². The first-order chi connectivity index (χ1) is 16.6. The average molecular weight is 452 g/mol. The fraction of sp³-hybridized carbons (Fsp3) is 0.129. The third-order valence-corrected chi connectivity index (χ3v) is 5.74. The Morgan fingerprint density at radius 2 is 1.26 bits per heavy atom. The monoisotopic (exact) mass is 451 g/mol. The van der Waals surface area contributed by atoms with Crippen molar-refractivity contribution in [3.05, 3.63) is 143 Å². The maximum Gasteiger partial charge on any atom is 0.123 e. The lowest BCUT2D eigenvalue weighted by Gasteiger charge is -2.15. The number of unbranched alkanes of at least 4 members (excludes halogenated alkanes) is 1. The second kappa shape index (κ2) is 10.8. The second-order valence-electron chi connectivity index (χ2n) is 8.21. The van der Waals surface area contributed by atoms with Crippen LogP contribution in [0.25, 0.3) is 5.57 Å². The molecule has 0 N–H and O–H groups in total. The number of aliphatic imine (C=N–C) groups is 1. The molecule has 0 radical (unpaired) electrons. The summed E-state index contributed by atoms with van der Waals surface area (Å²) in [5, 5.41) is 0. The van der Waals surface area contributed by atoms with E-state index in [0.29, 0.717) is 0 Å². The third-order valence-electron chi connectivity index (χ3n) is 5.74. The summed E-state index contributed by atoms with van der Waals surface area (Å²) in [5.74, 6) is -0.544. The number of hydrogen-bond donors (Lipinski definition) is 0. The fourth-order valence-corrected chi connectivity index (χ4v) is 3.95. The van der Waals surface area contributed by atoms with Crippen molar-refractivity contribution < 1.29 is 8.78 Å². The minimum Gasteiger partial charge on any atom is -0.247 e.